The minimum atomic E-state index is -0.565. The number of amides is 2. The number of piperazine rings is 1. The van der Waals surface area contributed by atoms with Crippen molar-refractivity contribution in [2.24, 2.45) is 0 Å². The third kappa shape index (κ3) is 5.19. The van der Waals surface area contributed by atoms with E-state index in [1.54, 1.807) is 4.90 Å². The summed E-state index contributed by atoms with van der Waals surface area (Å²) >= 11 is 0. The number of halogens is 1. The van der Waals surface area contributed by atoms with Gasteiger partial charge in [0.1, 0.15) is 0 Å². The van der Waals surface area contributed by atoms with Crippen LogP contribution in [0.25, 0.3) is 0 Å². The highest BCUT2D eigenvalue weighted by atomic mass is 35.5. The van der Waals surface area contributed by atoms with Gasteiger partial charge in [0.25, 0.3) is 11.6 Å². The predicted octanol–water partition coefficient (Wildman–Crippen LogP) is 0.567. The molecule has 0 bridgehead atoms. The van der Waals surface area contributed by atoms with Gasteiger partial charge in [-0.05, 0) is 13.0 Å². The summed E-state index contributed by atoms with van der Waals surface area (Å²) in [5.41, 5.74) is 0.00517. The second-order valence-corrected chi connectivity index (χ2v) is 5.19. The van der Waals surface area contributed by atoms with Crippen molar-refractivity contribution >= 4 is 29.9 Å². The van der Waals surface area contributed by atoms with Crippen LogP contribution in [0.4, 0.5) is 5.69 Å². The molecular formula is C14H19ClN4O4. The first-order chi connectivity index (χ1) is 10.5. The monoisotopic (exact) mass is 342 g/mol. The molecule has 1 heterocycles. The van der Waals surface area contributed by atoms with Gasteiger partial charge in [-0.3, -0.25) is 19.7 Å². The number of carbonyl (C=O) groups is 2. The number of nitrogens with one attached hydrogen (secondary N) is 2. The Hall–Kier alpha value is -2.19. The zero-order valence-electron chi connectivity index (χ0n) is 12.7. The lowest BCUT2D eigenvalue weighted by Gasteiger charge is -2.31. The average molecular weight is 343 g/mol. The van der Waals surface area contributed by atoms with Gasteiger partial charge in [-0.1, -0.05) is 6.07 Å². The Morgan fingerprint density at radius 1 is 1.48 bits per heavy atom. The SMILES string of the molecule is C[C@@H]1CN(C(=O)CNC(=O)c2cccc([N+](=O)[O-])c2)CCN1.Cl. The van der Waals surface area contributed by atoms with E-state index in [9.17, 15) is 19.7 Å². The van der Waals surface area contributed by atoms with E-state index in [0.29, 0.717) is 13.1 Å². The Balaban J connectivity index is 0.00000264. The molecular weight excluding hydrogens is 324 g/mol. The van der Waals surface area contributed by atoms with Gasteiger partial charge in [-0.2, -0.15) is 0 Å². The molecule has 23 heavy (non-hydrogen) atoms. The normalized spacial score (nSPS) is 17.1. The molecule has 2 amide bonds. The molecule has 0 unspecified atom stereocenters. The molecule has 1 aliphatic rings. The fraction of sp³-hybridized carbons (Fsp3) is 0.429. The number of nitrogens with zero attached hydrogens (tertiary/aromatic N) is 2. The largest absolute Gasteiger partial charge is 0.343 e. The Morgan fingerprint density at radius 3 is 2.87 bits per heavy atom. The molecule has 1 aromatic rings. The number of hydrogen-bond acceptors (Lipinski definition) is 5. The average Bonchev–Trinajstić information content (AvgIpc) is 2.52. The third-order valence-electron chi connectivity index (χ3n) is 3.44. The molecule has 0 saturated carbocycles. The van der Waals surface area contributed by atoms with Gasteiger partial charge in [-0.15, -0.1) is 12.4 Å². The van der Waals surface area contributed by atoms with Gasteiger partial charge in [0.2, 0.25) is 5.91 Å². The first kappa shape index (κ1) is 18.9. The number of nitro benzene ring substituents is 1. The molecule has 9 heteroatoms. The van der Waals surface area contributed by atoms with Gasteiger partial charge in [-0.25, -0.2) is 0 Å². The lowest BCUT2D eigenvalue weighted by Crippen LogP contribution is -2.53. The fourth-order valence-electron chi connectivity index (χ4n) is 2.29. The second kappa shape index (κ2) is 8.44. The van der Waals surface area contributed by atoms with Crippen molar-refractivity contribution in [3.63, 3.8) is 0 Å². The van der Waals surface area contributed by atoms with E-state index < -0.39 is 10.8 Å². The molecule has 2 N–H and O–H groups in total. The molecule has 1 fully saturated rings. The number of nitro groups is 1. The van der Waals surface area contributed by atoms with Crippen LogP contribution in [-0.2, 0) is 4.79 Å². The van der Waals surface area contributed by atoms with Gasteiger partial charge in [0.05, 0.1) is 11.5 Å². The van der Waals surface area contributed by atoms with Crippen molar-refractivity contribution in [2.45, 2.75) is 13.0 Å². The summed E-state index contributed by atoms with van der Waals surface area (Å²) in [7, 11) is 0. The van der Waals surface area contributed by atoms with Crippen LogP contribution in [-0.4, -0.2) is 53.9 Å². The van der Waals surface area contributed by atoms with E-state index >= 15 is 0 Å². The smallest absolute Gasteiger partial charge is 0.270 e. The standard InChI is InChI=1S/C14H18N4O4.ClH/c1-10-9-17(6-5-15-10)13(19)8-16-14(20)11-3-2-4-12(7-11)18(21)22;/h2-4,7,10,15H,5-6,8-9H2,1H3,(H,16,20);1H/t10-;/m1./s1. The molecule has 8 nitrogen and oxygen atoms in total. The molecule has 1 aromatic carbocycles. The summed E-state index contributed by atoms with van der Waals surface area (Å²) < 4.78 is 0. The Morgan fingerprint density at radius 2 is 2.22 bits per heavy atom. The van der Waals surface area contributed by atoms with Gasteiger partial charge in [0, 0.05) is 43.4 Å². The number of benzene rings is 1. The summed E-state index contributed by atoms with van der Waals surface area (Å²) in [6.07, 6.45) is 0. The van der Waals surface area contributed by atoms with E-state index in [0.717, 1.165) is 6.54 Å². The van der Waals surface area contributed by atoms with Crippen LogP contribution in [0, 0.1) is 10.1 Å². The first-order valence-corrected chi connectivity index (χ1v) is 7.01. The van der Waals surface area contributed by atoms with Crippen molar-refractivity contribution in [1.82, 2.24) is 15.5 Å². The third-order valence-corrected chi connectivity index (χ3v) is 3.44. The predicted molar refractivity (Wildman–Crippen MR) is 86.7 cm³/mol. The lowest BCUT2D eigenvalue weighted by molar-refractivity contribution is -0.384. The molecule has 2 rings (SSSR count). The van der Waals surface area contributed by atoms with Crippen LogP contribution < -0.4 is 10.6 Å². The molecule has 0 radical (unpaired) electrons. The van der Waals surface area contributed by atoms with Crippen LogP contribution in [0.5, 0.6) is 0 Å². The van der Waals surface area contributed by atoms with Gasteiger partial charge < -0.3 is 15.5 Å². The molecule has 1 saturated heterocycles. The van der Waals surface area contributed by atoms with E-state index in [1.807, 2.05) is 6.92 Å². The summed E-state index contributed by atoms with van der Waals surface area (Å²) in [6.45, 7) is 3.81. The minimum Gasteiger partial charge on any atom is -0.343 e. The molecule has 1 atom stereocenters. The summed E-state index contributed by atoms with van der Waals surface area (Å²) in [6, 6.07) is 5.63. The zero-order chi connectivity index (χ0) is 16.1. The molecule has 0 aliphatic carbocycles. The number of non-ortho nitro benzene ring substituents is 1. The summed E-state index contributed by atoms with van der Waals surface area (Å²) in [5, 5.41) is 16.4. The maximum atomic E-state index is 12.0. The van der Waals surface area contributed by atoms with Crippen LogP contribution >= 0.6 is 12.4 Å². The van der Waals surface area contributed by atoms with Crippen molar-refractivity contribution in [2.75, 3.05) is 26.2 Å². The number of carbonyl (C=O) groups excluding carboxylic acids is 2. The van der Waals surface area contributed by atoms with Crippen LogP contribution in [0.3, 0.4) is 0 Å². The van der Waals surface area contributed by atoms with Crippen LogP contribution in [0.1, 0.15) is 17.3 Å². The van der Waals surface area contributed by atoms with Crippen LogP contribution in [0.15, 0.2) is 24.3 Å². The van der Waals surface area contributed by atoms with Crippen molar-refractivity contribution in [1.29, 1.82) is 0 Å². The number of rotatable bonds is 4. The van der Waals surface area contributed by atoms with E-state index in [2.05, 4.69) is 10.6 Å². The Bertz CT molecular complexity index is 596. The van der Waals surface area contributed by atoms with Crippen LogP contribution in [0.2, 0.25) is 0 Å². The molecule has 0 aromatic heterocycles. The highest BCUT2D eigenvalue weighted by molar-refractivity contribution is 5.96. The van der Waals surface area contributed by atoms with Crippen molar-refractivity contribution in [3.05, 3.63) is 39.9 Å². The summed E-state index contributed by atoms with van der Waals surface area (Å²) in [5.74, 6) is -0.660. The highest BCUT2D eigenvalue weighted by Gasteiger charge is 2.21. The van der Waals surface area contributed by atoms with E-state index in [-0.39, 0.29) is 42.2 Å². The highest BCUT2D eigenvalue weighted by Crippen LogP contribution is 2.12. The quantitative estimate of drug-likeness (QED) is 0.614. The minimum absolute atomic E-state index is 0. The van der Waals surface area contributed by atoms with E-state index in [4.69, 9.17) is 0 Å². The molecule has 126 valence electrons. The lowest BCUT2D eigenvalue weighted by atomic mass is 10.2. The zero-order valence-corrected chi connectivity index (χ0v) is 13.5. The maximum absolute atomic E-state index is 12.0. The molecule has 0 spiro atoms. The maximum Gasteiger partial charge on any atom is 0.270 e. The Labute approximate surface area is 139 Å². The van der Waals surface area contributed by atoms with Crippen molar-refractivity contribution in [3.8, 4) is 0 Å². The first-order valence-electron chi connectivity index (χ1n) is 7.01. The second-order valence-electron chi connectivity index (χ2n) is 5.19. The van der Waals surface area contributed by atoms with E-state index in [1.165, 1.54) is 24.3 Å². The Kier molecular flexibility index (Phi) is 6.92. The number of hydrogen-bond donors (Lipinski definition) is 2. The summed E-state index contributed by atoms with van der Waals surface area (Å²) in [4.78, 5) is 35.8. The fourth-order valence-corrected chi connectivity index (χ4v) is 2.29. The molecule has 1 aliphatic heterocycles. The van der Waals surface area contributed by atoms with Crippen molar-refractivity contribution < 1.29 is 14.5 Å². The van der Waals surface area contributed by atoms with Gasteiger partial charge >= 0.3 is 0 Å². The van der Waals surface area contributed by atoms with Gasteiger partial charge in [0.15, 0.2) is 0 Å². The topological polar surface area (TPSA) is 105 Å².